The molecule has 0 heterocycles. The Bertz CT molecular complexity index is 737. The highest BCUT2D eigenvalue weighted by Crippen LogP contribution is 2.57. The van der Waals surface area contributed by atoms with Crippen LogP contribution in [0.4, 0.5) is 0 Å². The van der Waals surface area contributed by atoms with Gasteiger partial charge in [0.1, 0.15) is 11.5 Å². The van der Waals surface area contributed by atoms with Gasteiger partial charge in [-0.25, -0.2) is 0 Å². The van der Waals surface area contributed by atoms with E-state index in [1.165, 1.54) is 11.1 Å². The van der Waals surface area contributed by atoms with Gasteiger partial charge in [0, 0.05) is 10.8 Å². The summed E-state index contributed by atoms with van der Waals surface area (Å²) in [4.78, 5) is 0. The van der Waals surface area contributed by atoms with Gasteiger partial charge in [-0.1, -0.05) is 13.0 Å². The minimum atomic E-state index is -0.242. The maximum Gasteiger partial charge on any atom is 0.123 e. The van der Waals surface area contributed by atoms with E-state index in [0.29, 0.717) is 5.92 Å². The molecular weight excluding hydrogens is 264 g/mol. The SMILES string of the molecule is CC12CCc3c(cc(O)c4cc(O)ccc34)C1CC[C@@H]2O. The van der Waals surface area contributed by atoms with E-state index in [1.54, 1.807) is 12.1 Å². The molecular formula is C18H20O3. The van der Waals surface area contributed by atoms with Crippen LogP contribution in [0.15, 0.2) is 24.3 Å². The van der Waals surface area contributed by atoms with E-state index in [-0.39, 0.29) is 23.0 Å². The third kappa shape index (κ3) is 1.64. The maximum absolute atomic E-state index is 10.3. The number of aromatic hydroxyl groups is 2. The summed E-state index contributed by atoms with van der Waals surface area (Å²) in [7, 11) is 0. The molecule has 3 heteroatoms. The second-order valence-corrected chi connectivity index (χ2v) is 6.84. The summed E-state index contributed by atoms with van der Waals surface area (Å²) in [6.45, 7) is 2.18. The fraction of sp³-hybridized carbons (Fsp3) is 0.444. The number of aliphatic hydroxyl groups is 1. The molecule has 2 aromatic rings. The Morgan fingerprint density at radius 1 is 1.10 bits per heavy atom. The molecule has 2 aliphatic rings. The minimum absolute atomic E-state index is 0.0654. The van der Waals surface area contributed by atoms with Crippen LogP contribution < -0.4 is 0 Å². The van der Waals surface area contributed by atoms with Gasteiger partial charge in [-0.05, 0) is 66.3 Å². The lowest BCUT2D eigenvalue weighted by Crippen LogP contribution is -2.35. The first-order valence-corrected chi connectivity index (χ1v) is 7.66. The normalized spacial score (nSPS) is 31.1. The van der Waals surface area contributed by atoms with Crippen molar-refractivity contribution >= 4 is 10.8 Å². The van der Waals surface area contributed by atoms with Crippen LogP contribution in [0.5, 0.6) is 11.5 Å². The van der Waals surface area contributed by atoms with Crippen molar-refractivity contribution in [1.82, 2.24) is 0 Å². The molecule has 2 unspecified atom stereocenters. The van der Waals surface area contributed by atoms with Crippen LogP contribution in [0.1, 0.15) is 43.2 Å². The third-order valence-corrected chi connectivity index (χ3v) is 5.82. The minimum Gasteiger partial charge on any atom is -0.508 e. The Labute approximate surface area is 123 Å². The molecule has 3 nitrogen and oxygen atoms in total. The van der Waals surface area contributed by atoms with E-state index < -0.39 is 0 Å². The molecule has 0 spiro atoms. The van der Waals surface area contributed by atoms with Crippen molar-refractivity contribution in [3.8, 4) is 11.5 Å². The molecule has 0 amide bonds. The molecule has 0 bridgehead atoms. The van der Waals surface area contributed by atoms with Gasteiger partial charge in [0.25, 0.3) is 0 Å². The predicted octanol–water partition coefficient (Wildman–Crippen LogP) is 3.44. The number of fused-ring (bicyclic) bond motifs is 5. The smallest absolute Gasteiger partial charge is 0.123 e. The zero-order chi connectivity index (χ0) is 14.8. The number of benzene rings is 2. The summed E-state index contributed by atoms with van der Waals surface area (Å²) in [5.41, 5.74) is 2.40. The molecule has 4 rings (SSSR count). The van der Waals surface area contributed by atoms with E-state index in [0.717, 1.165) is 36.5 Å². The first-order chi connectivity index (χ1) is 10.0. The average Bonchev–Trinajstić information content (AvgIpc) is 2.76. The second kappa shape index (κ2) is 4.14. The van der Waals surface area contributed by atoms with Crippen molar-refractivity contribution in [1.29, 1.82) is 0 Å². The summed E-state index contributed by atoms with van der Waals surface area (Å²) >= 11 is 0. The molecule has 0 aromatic heterocycles. The van der Waals surface area contributed by atoms with Crippen molar-refractivity contribution in [2.45, 2.75) is 44.6 Å². The fourth-order valence-electron chi connectivity index (χ4n) is 4.53. The van der Waals surface area contributed by atoms with Crippen LogP contribution >= 0.6 is 0 Å². The Balaban J connectivity index is 1.98. The van der Waals surface area contributed by atoms with Crippen molar-refractivity contribution in [3.05, 3.63) is 35.4 Å². The molecule has 2 aliphatic carbocycles. The maximum atomic E-state index is 10.3. The lowest BCUT2D eigenvalue weighted by atomic mass is 9.65. The number of phenolic OH excluding ortho intramolecular Hbond substituents is 2. The molecule has 1 saturated carbocycles. The number of aryl methyl sites for hydroxylation is 1. The van der Waals surface area contributed by atoms with Crippen molar-refractivity contribution in [2.24, 2.45) is 5.41 Å². The summed E-state index contributed by atoms with van der Waals surface area (Å²) in [5, 5.41) is 32.1. The number of phenols is 2. The Kier molecular flexibility index (Phi) is 2.55. The van der Waals surface area contributed by atoms with Gasteiger partial charge >= 0.3 is 0 Å². The monoisotopic (exact) mass is 284 g/mol. The van der Waals surface area contributed by atoms with E-state index >= 15 is 0 Å². The van der Waals surface area contributed by atoms with Crippen LogP contribution in [-0.2, 0) is 6.42 Å². The van der Waals surface area contributed by atoms with Crippen LogP contribution in [0.25, 0.3) is 10.8 Å². The standard InChI is InChI=1S/C18H20O3/c1-18-7-6-12-11-3-2-10(19)8-14(11)16(20)9-13(12)15(18)4-5-17(18)21/h2-3,8-9,15,17,19-21H,4-7H2,1H3/t15?,17-,18?/m0/s1. The average molecular weight is 284 g/mol. The number of rotatable bonds is 0. The quantitative estimate of drug-likeness (QED) is 0.694. The van der Waals surface area contributed by atoms with E-state index in [4.69, 9.17) is 0 Å². The zero-order valence-electron chi connectivity index (χ0n) is 12.1. The van der Waals surface area contributed by atoms with Crippen LogP contribution in [-0.4, -0.2) is 21.4 Å². The Morgan fingerprint density at radius 3 is 2.71 bits per heavy atom. The molecule has 0 radical (unpaired) electrons. The summed E-state index contributed by atoms with van der Waals surface area (Å²) < 4.78 is 0. The fourth-order valence-corrected chi connectivity index (χ4v) is 4.53. The van der Waals surface area contributed by atoms with Gasteiger partial charge in [0.2, 0.25) is 0 Å². The van der Waals surface area contributed by atoms with Crippen molar-refractivity contribution < 1.29 is 15.3 Å². The van der Waals surface area contributed by atoms with Gasteiger partial charge in [0.05, 0.1) is 6.10 Å². The largest absolute Gasteiger partial charge is 0.508 e. The highest BCUT2D eigenvalue weighted by molar-refractivity contribution is 5.93. The summed E-state index contributed by atoms with van der Waals surface area (Å²) in [6, 6.07) is 7.07. The highest BCUT2D eigenvalue weighted by atomic mass is 16.3. The van der Waals surface area contributed by atoms with Crippen molar-refractivity contribution in [3.63, 3.8) is 0 Å². The number of hydrogen-bond acceptors (Lipinski definition) is 3. The van der Waals surface area contributed by atoms with Crippen LogP contribution in [0.3, 0.4) is 0 Å². The number of hydrogen-bond donors (Lipinski definition) is 3. The van der Waals surface area contributed by atoms with Gasteiger partial charge in [-0.15, -0.1) is 0 Å². The molecule has 1 fully saturated rings. The third-order valence-electron chi connectivity index (χ3n) is 5.82. The van der Waals surface area contributed by atoms with Gasteiger partial charge in [-0.3, -0.25) is 0 Å². The predicted molar refractivity (Wildman–Crippen MR) is 81.7 cm³/mol. The number of aliphatic hydroxyl groups excluding tert-OH is 1. The van der Waals surface area contributed by atoms with Crippen LogP contribution in [0.2, 0.25) is 0 Å². The highest BCUT2D eigenvalue weighted by Gasteiger charge is 2.49. The van der Waals surface area contributed by atoms with Crippen LogP contribution in [0, 0.1) is 5.41 Å². The first kappa shape index (κ1) is 13.0. The Morgan fingerprint density at radius 2 is 1.90 bits per heavy atom. The van der Waals surface area contributed by atoms with E-state index in [9.17, 15) is 15.3 Å². The van der Waals surface area contributed by atoms with Gasteiger partial charge in [-0.2, -0.15) is 0 Å². The second-order valence-electron chi connectivity index (χ2n) is 6.84. The topological polar surface area (TPSA) is 60.7 Å². The molecule has 3 N–H and O–H groups in total. The lowest BCUT2D eigenvalue weighted by Gasteiger charge is -2.40. The lowest BCUT2D eigenvalue weighted by molar-refractivity contribution is 0.0458. The first-order valence-electron chi connectivity index (χ1n) is 7.66. The van der Waals surface area contributed by atoms with Gasteiger partial charge < -0.3 is 15.3 Å². The Hall–Kier alpha value is -1.74. The summed E-state index contributed by atoms with van der Waals surface area (Å²) in [5.74, 6) is 0.723. The van der Waals surface area contributed by atoms with E-state index in [1.807, 2.05) is 12.1 Å². The van der Waals surface area contributed by atoms with Gasteiger partial charge in [0.15, 0.2) is 0 Å². The zero-order valence-corrected chi connectivity index (χ0v) is 12.1. The van der Waals surface area contributed by atoms with E-state index in [2.05, 4.69) is 6.92 Å². The van der Waals surface area contributed by atoms with Crippen molar-refractivity contribution in [2.75, 3.05) is 0 Å². The summed E-state index contributed by atoms with van der Waals surface area (Å²) in [6.07, 6.45) is 3.48. The molecule has 3 atom stereocenters. The molecule has 0 saturated heterocycles. The molecule has 21 heavy (non-hydrogen) atoms. The molecule has 2 aromatic carbocycles. The molecule has 110 valence electrons. The molecule has 0 aliphatic heterocycles.